The van der Waals surface area contributed by atoms with Crippen LogP contribution in [0.25, 0.3) is 0 Å². The van der Waals surface area contributed by atoms with E-state index in [-0.39, 0.29) is 0 Å². The van der Waals surface area contributed by atoms with Gasteiger partial charge in [0.1, 0.15) is 5.54 Å². The SMILES string of the molecule is CNC1(C(=O)O)CCN(CCc2ccccc2)CC1. The summed E-state index contributed by atoms with van der Waals surface area (Å²) in [4.78, 5) is 13.7. The molecule has 19 heavy (non-hydrogen) atoms. The van der Waals surface area contributed by atoms with Crippen LogP contribution in [0, 0.1) is 0 Å². The number of carboxylic acid groups (broad SMARTS) is 1. The normalized spacial score (nSPS) is 19.2. The van der Waals surface area contributed by atoms with E-state index < -0.39 is 11.5 Å². The van der Waals surface area contributed by atoms with Crippen LogP contribution in [0.3, 0.4) is 0 Å². The Labute approximate surface area is 114 Å². The molecule has 1 heterocycles. The Hall–Kier alpha value is -1.39. The van der Waals surface area contributed by atoms with Crippen LogP contribution < -0.4 is 5.32 Å². The van der Waals surface area contributed by atoms with E-state index in [4.69, 9.17) is 0 Å². The van der Waals surface area contributed by atoms with Crippen LogP contribution in [-0.4, -0.2) is 48.2 Å². The fourth-order valence-electron chi connectivity index (χ4n) is 2.66. The first-order valence-corrected chi connectivity index (χ1v) is 6.85. The molecule has 1 aromatic carbocycles. The highest BCUT2D eigenvalue weighted by atomic mass is 16.4. The molecular formula is C15H22N2O2. The summed E-state index contributed by atoms with van der Waals surface area (Å²) in [5.41, 5.74) is 0.620. The lowest BCUT2D eigenvalue weighted by atomic mass is 9.87. The van der Waals surface area contributed by atoms with Crippen molar-refractivity contribution < 1.29 is 9.90 Å². The quantitative estimate of drug-likeness (QED) is 0.841. The van der Waals surface area contributed by atoms with Gasteiger partial charge in [0.2, 0.25) is 0 Å². The van der Waals surface area contributed by atoms with E-state index in [2.05, 4.69) is 34.5 Å². The first-order valence-electron chi connectivity index (χ1n) is 6.85. The maximum Gasteiger partial charge on any atom is 0.323 e. The largest absolute Gasteiger partial charge is 0.480 e. The second kappa shape index (κ2) is 6.17. The highest BCUT2D eigenvalue weighted by Gasteiger charge is 2.39. The number of hydrogen-bond donors (Lipinski definition) is 2. The van der Waals surface area contributed by atoms with Gasteiger partial charge in [0.05, 0.1) is 0 Å². The van der Waals surface area contributed by atoms with E-state index in [9.17, 15) is 9.90 Å². The monoisotopic (exact) mass is 262 g/mol. The number of rotatable bonds is 5. The van der Waals surface area contributed by atoms with E-state index in [1.165, 1.54) is 5.56 Å². The lowest BCUT2D eigenvalue weighted by Gasteiger charge is -2.38. The molecular weight excluding hydrogens is 240 g/mol. The lowest BCUT2D eigenvalue weighted by molar-refractivity contribution is -0.146. The van der Waals surface area contributed by atoms with Gasteiger partial charge in [-0.15, -0.1) is 0 Å². The first kappa shape index (κ1) is 14.0. The van der Waals surface area contributed by atoms with E-state index in [0.717, 1.165) is 26.1 Å². The van der Waals surface area contributed by atoms with Crippen LogP contribution in [0.15, 0.2) is 30.3 Å². The zero-order valence-electron chi connectivity index (χ0n) is 11.4. The maximum atomic E-state index is 11.3. The molecule has 0 radical (unpaired) electrons. The molecule has 2 N–H and O–H groups in total. The van der Waals surface area contributed by atoms with Crippen molar-refractivity contribution in [2.45, 2.75) is 24.8 Å². The third-order valence-corrected chi connectivity index (χ3v) is 4.16. The Morgan fingerprint density at radius 3 is 2.47 bits per heavy atom. The lowest BCUT2D eigenvalue weighted by Crippen LogP contribution is -2.57. The Morgan fingerprint density at radius 1 is 1.32 bits per heavy atom. The van der Waals surface area contributed by atoms with Crippen molar-refractivity contribution >= 4 is 5.97 Å². The average molecular weight is 262 g/mol. The molecule has 0 amide bonds. The number of nitrogens with zero attached hydrogens (tertiary/aromatic N) is 1. The van der Waals surface area contributed by atoms with Gasteiger partial charge in [-0.3, -0.25) is 4.79 Å². The number of likely N-dealkylation sites (tertiary alicyclic amines) is 1. The summed E-state index contributed by atoms with van der Waals surface area (Å²) < 4.78 is 0. The topological polar surface area (TPSA) is 52.6 Å². The summed E-state index contributed by atoms with van der Waals surface area (Å²) in [6.07, 6.45) is 2.38. The zero-order chi connectivity index (χ0) is 13.7. The molecule has 0 bridgehead atoms. The van der Waals surface area contributed by atoms with Crippen molar-refractivity contribution in [2.75, 3.05) is 26.7 Å². The molecule has 1 aromatic rings. The Balaban J connectivity index is 1.82. The number of nitrogens with one attached hydrogen (secondary N) is 1. The van der Waals surface area contributed by atoms with Crippen molar-refractivity contribution in [1.82, 2.24) is 10.2 Å². The molecule has 1 fully saturated rings. The Kier molecular flexibility index (Phi) is 4.56. The predicted octanol–water partition coefficient (Wildman–Crippen LogP) is 1.37. The van der Waals surface area contributed by atoms with Crippen LogP contribution >= 0.6 is 0 Å². The highest BCUT2D eigenvalue weighted by molar-refractivity contribution is 5.78. The van der Waals surface area contributed by atoms with Gasteiger partial charge in [0, 0.05) is 19.6 Å². The molecule has 4 heteroatoms. The summed E-state index contributed by atoms with van der Waals surface area (Å²) in [7, 11) is 1.74. The van der Waals surface area contributed by atoms with Gasteiger partial charge in [-0.2, -0.15) is 0 Å². The number of aliphatic carboxylic acids is 1. The van der Waals surface area contributed by atoms with E-state index in [0.29, 0.717) is 12.8 Å². The molecule has 104 valence electrons. The molecule has 0 atom stereocenters. The molecule has 1 saturated heterocycles. The molecule has 2 rings (SSSR count). The van der Waals surface area contributed by atoms with Gasteiger partial charge in [0.15, 0.2) is 0 Å². The second-order valence-corrected chi connectivity index (χ2v) is 5.21. The summed E-state index contributed by atoms with van der Waals surface area (Å²) in [5.74, 6) is -0.724. The molecule has 0 aromatic heterocycles. The molecule has 1 aliphatic rings. The summed E-state index contributed by atoms with van der Waals surface area (Å²) >= 11 is 0. The van der Waals surface area contributed by atoms with E-state index >= 15 is 0 Å². The fourth-order valence-corrected chi connectivity index (χ4v) is 2.66. The molecule has 0 saturated carbocycles. The summed E-state index contributed by atoms with van der Waals surface area (Å²) in [6, 6.07) is 10.4. The van der Waals surface area contributed by atoms with E-state index in [1.54, 1.807) is 7.05 Å². The molecule has 0 aliphatic carbocycles. The minimum Gasteiger partial charge on any atom is -0.480 e. The van der Waals surface area contributed by atoms with E-state index in [1.807, 2.05) is 6.07 Å². The van der Waals surface area contributed by atoms with Gasteiger partial charge in [0.25, 0.3) is 0 Å². The summed E-state index contributed by atoms with van der Waals surface area (Å²) in [5, 5.41) is 12.3. The molecule has 4 nitrogen and oxygen atoms in total. The minimum atomic E-state index is -0.724. The molecule has 1 aliphatic heterocycles. The Morgan fingerprint density at radius 2 is 1.95 bits per heavy atom. The third kappa shape index (κ3) is 3.33. The van der Waals surface area contributed by atoms with Crippen LogP contribution in [0.4, 0.5) is 0 Å². The van der Waals surface area contributed by atoms with Crippen molar-refractivity contribution in [3.8, 4) is 0 Å². The van der Waals surface area contributed by atoms with Crippen LogP contribution in [0.2, 0.25) is 0 Å². The molecule has 0 unspecified atom stereocenters. The van der Waals surface area contributed by atoms with Gasteiger partial charge in [-0.25, -0.2) is 0 Å². The number of carbonyl (C=O) groups is 1. The third-order valence-electron chi connectivity index (χ3n) is 4.16. The Bertz CT molecular complexity index is 411. The van der Waals surface area contributed by atoms with Gasteiger partial charge < -0.3 is 15.3 Å². The standard InChI is InChI=1S/C15H22N2O2/c1-16-15(14(18)19)8-11-17(12-9-15)10-7-13-5-3-2-4-6-13/h2-6,16H,7-12H2,1H3,(H,18,19). The van der Waals surface area contributed by atoms with Crippen molar-refractivity contribution in [1.29, 1.82) is 0 Å². The molecule has 0 spiro atoms. The first-order chi connectivity index (χ1) is 9.16. The number of piperidine rings is 1. The second-order valence-electron chi connectivity index (χ2n) is 5.21. The predicted molar refractivity (Wildman–Crippen MR) is 75.2 cm³/mol. The van der Waals surface area contributed by atoms with Crippen LogP contribution in [-0.2, 0) is 11.2 Å². The highest BCUT2D eigenvalue weighted by Crippen LogP contribution is 2.22. The summed E-state index contributed by atoms with van der Waals surface area (Å²) in [6.45, 7) is 2.70. The number of carboxylic acids is 1. The van der Waals surface area contributed by atoms with Gasteiger partial charge in [-0.05, 0) is 31.9 Å². The van der Waals surface area contributed by atoms with Crippen LogP contribution in [0.5, 0.6) is 0 Å². The van der Waals surface area contributed by atoms with Crippen molar-refractivity contribution in [3.05, 3.63) is 35.9 Å². The fraction of sp³-hybridized carbons (Fsp3) is 0.533. The smallest absolute Gasteiger partial charge is 0.323 e. The number of hydrogen-bond acceptors (Lipinski definition) is 3. The minimum absolute atomic E-state index is 0.674. The maximum absolute atomic E-state index is 11.3. The average Bonchev–Trinajstić information content (AvgIpc) is 2.46. The van der Waals surface area contributed by atoms with Crippen molar-refractivity contribution in [2.24, 2.45) is 0 Å². The van der Waals surface area contributed by atoms with Crippen LogP contribution in [0.1, 0.15) is 18.4 Å². The number of likely N-dealkylation sites (N-methyl/N-ethyl adjacent to an activating group) is 1. The number of benzene rings is 1. The van der Waals surface area contributed by atoms with Gasteiger partial charge in [-0.1, -0.05) is 30.3 Å². The zero-order valence-corrected chi connectivity index (χ0v) is 11.4. The van der Waals surface area contributed by atoms with Gasteiger partial charge >= 0.3 is 5.97 Å². The van der Waals surface area contributed by atoms with Crippen molar-refractivity contribution in [3.63, 3.8) is 0 Å².